The van der Waals surface area contributed by atoms with Crippen LogP contribution in [0.5, 0.6) is 5.75 Å². The average molecular weight is 363 g/mol. The Hall–Kier alpha value is -3.12. The van der Waals surface area contributed by atoms with E-state index in [2.05, 4.69) is 10.3 Å². The van der Waals surface area contributed by atoms with Crippen LogP contribution < -0.4 is 10.1 Å². The number of amides is 1. The van der Waals surface area contributed by atoms with E-state index in [4.69, 9.17) is 4.74 Å². The molecule has 5 nitrogen and oxygen atoms in total. The summed E-state index contributed by atoms with van der Waals surface area (Å²) < 4.78 is 7.67. The highest BCUT2D eigenvalue weighted by Gasteiger charge is 2.09. The number of carbonyl (C=O) groups is 1. The Balaban J connectivity index is 1.31. The first-order valence-electron chi connectivity index (χ1n) is 8.24. The largest absolute Gasteiger partial charge is 0.489 e. The molecule has 0 radical (unpaired) electrons. The predicted octanol–water partition coefficient (Wildman–Crippen LogP) is 4.16. The van der Waals surface area contributed by atoms with Crippen LogP contribution >= 0.6 is 11.3 Å². The number of rotatable bonds is 6. The highest BCUT2D eigenvalue weighted by Crippen LogP contribution is 2.18. The number of hydrogen-bond donors (Lipinski definition) is 1. The molecule has 0 fully saturated rings. The van der Waals surface area contributed by atoms with E-state index in [1.807, 2.05) is 76.8 Å². The molecule has 0 aliphatic rings. The Morgan fingerprint density at radius 2 is 1.92 bits per heavy atom. The number of hydrogen-bond acceptors (Lipinski definition) is 4. The van der Waals surface area contributed by atoms with Crippen molar-refractivity contribution < 1.29 is 9.53 Å². The third-order valence-corrected chi connectivity index (χ3v) is 4.64. The average Bonchev–Trinajstić information content (AvgIpc) is 3.23. The van der Waals surface area contributed by atoms with E-state index in [0.717, 1.165) is 27.7 Å². The SMILES string of the molecule is O=C(Cc1cn2ccsc2n1)Nc1ccc(OCc2ccccc2)cc1. The van der Waals surface area contributed by atoms with Crippen LogP contribution in [0.25, 0.3) is 4.96 Å². The van der Waals surface area contributed by atoms with Gasteiger partial charge in [-0.25, -0.2) is 4.98 Å². The van der Waals surface area contributed by atoms with E-state index < -0.39 is 0 Å². The molecule has 0 saturated heterocycles. The monoisotopic (exact) mass is 363 g/mol. The molecule has 0 aliphatic heterocycles. The van der Waals surface area contributed by atoms with Crippen molar-refractivity contribution in [1.82, 2.24) is 9.38 Å². The topological polar surface area (TPSA) is 55.6 Å². The van der Waals surface area contributed by atoms with Gasteiger partial charge < -0.3 is 10.1 Å². The fourth-order valence-electron chi connectivity index (χ4n) is 2.61. The van der Waals surface area contributed by atoms with E-state index >= 15 is 0 Å². The molecule has 6 heteroatoms. The highest BCUT2D eigenvalue weighted by molar-refractivity contribution is 7.15. The number of carbonyl (C=O) groups excluding carboxylic acids is 1. The van der Waals surface area contributed by atoms with Gasteiger partial charge in [-0.2, -0.15) is 0 Å². The van der Waals surface area contributed by atoms with Crippen LogP contribution in [0.4, 0.5) is 5.69 Å². The second-order valence-electron chi connectivity index (χ2n) is 5.85. The number of thiazole rings is 1. The summed E-state index contributed by atoms with van der Waals surface area (Å²) >= 11 is 1.55. The maximum atomic E-state index is 12.2. The van der Waals surface area contributed by atoms with Crippen LogP contribution in [-0.4, -0.2) is 15.3 Å². The smallest absolute Gasteiger partial charge is 0.230 e. The van der Waals surface area contributed by atoms with Crippen molar-refractivity contribution in [3.05, 3.63) is 83.6 Å². The lowest BCUT2D eigenvalue weighted by atomic mass is 10.2. The summed E-state index contributed by atoms with van der Waals surface area (Å²) in [6, 6.07) is 17.4. The van der Waals surface area contributed by atoms with E-state index in [0.29, 0.717) is 6.61 Å². The summed E-state index contributed by atoms with van der Waals surface area (Å²) in [6.45, 7) is 0.518. The van der Waals surface area contributed by atoms with E-state index in [1.54, 1.807) is 11.3 Å². The summed E-state index contributed by atoms with van der Waals surface area (Å²) in [7, 11) is 0. The zero-order valence-electron chi connectivity index (χ0n) is 14.0. The molecule has 130 valence electrons. The molecule has 0 aliphatic carbocycles. The Bertz CT molecular complexity index is 978. The number of imidazole rings is 1. The van der Waals surface area contributed by atoms with Gasteiger partial charge in [0.1, 0.15) is 12.4 Å². The molecular formula is C20H17N3O2S. The molecule has 2 aromatic carbocycles. The summed E-state index contributed by atoms with van der Waals surface area (Å²) in [5.41, 5.74) is 2.62. The van der Waals surface area contributed by atoms with Gasteiger partial charge >= 0.3 is 0 Å². The second kappa shape index (κ2) is 7.41. The normalized spacial score (nSPS) is 10.8. The first-order chi connectivity index (χ1) is 12.8. The molecule has 0 bridgehead atoms. The minimum atomic E-state index is -0.0892. The van der Waals surface area contributed by atoms with Crippen molar-refractivity contribution in [3.63, 3.8) is 0 Å². The molecule has 0 atom stereocenters. The third kappa shape index (κ3) is 3.92. The lowest BCUT2D eigenvalue weighted by Gasteiger charge is -2.08. The van der Waals surface area contributed by atoms with Crippen LogP contribution in [0.2, 0.25) is 0 Å². The van der Waals surface area contributed by atoms with Gasteiger partial charge in [-0.3, -0.25) is 9.20 Å². The van der Waals surface area contributed by atoms with Crippen molar-refractivity contribution in [2.75, 3.05) is 5.32 Å². The summed E-state index contributed by atoms with van der Waals surface area (Å²) in [5.74, 6) is 0.676. The Kier molecular flexibility index (Phi) is 4.66. The molecule has 1 amide bonds. The van der Waals surface area contributed by atoms with E-state index in [9.17, 15) is 4.79 Å². The van der Waals surface area contributed by atoms with Crippen LogP contribution in [0.1, 0.15) is 11.3 Å². The van der Waals surface area contributed by atoms with Gasteiger partial charge in [-0.05, 0) is 29.8 Å². The number of anilines is 1. The van der Waals surface area contributed by atoms with Crippen LogP contribution in [0.3, 0.4) is 0 Å². The first-order valence-corrected chi connectivity index (χ1v) is 9.12. The number of benzene rings is 2. The number of aromatic nitrogens is 2. The molecule has 0 spiro atoms. The van der Waals surface area contributed by atoms with Crippen molar-refractivity contribution in [2.45, 2.75) is 13.0 Å². The molecule has 0 saturated carbocycles. The standard InChI is InChI=1S/C20H17N3O2S/c24-19(12-17-13-23-10-11-26-20(23)22-17)21-16-6-8-18(9-7-16)25-14-15-4-2-1-3-5-15/h1-11,13H,12,14H2,(H,21,24). The maximum Gasteiger partial charge on any atom is 0.230 e. The van der Waals surface area contributed by atoms with Gasteiger partial charge in [0.2, 0.25) is 5.91 Å². The van der Waals surface area contributed by atoms with Gasteiger partial charge in [0.05, 0.1) is 12.1 Å². The van der Waals surface area contributed by atoms with E-state index in [-0.39, 0.29) is 12.3 Å². The van der Waals surface area contributed by atoms with Gasteiger partial charge in [0.25, 0.3) is 0 Å². The minimum Gasteiger partial charge on any atom is -0.489 e. The maximum absolute atomic E-state index is 12.2. The summed E-state index contributed by atoms with van der Waals surface area (Å²) in [4.78, 5) is 17.5. The number of nitrogens with zero attached hydrogens (tertiary/aromatic N) is 2. The number of nitrogens with one attached hydrogen (secondary N) is 1. The Labute approximate surface area is 154 Å². The molecule has 4 rings (SSSR count). The van der Waals surface area contributed by atoms with Crippen molar-refractivity contribution in [3.8, 4) is 5.75 Å². The van der Waals surface area contributed by atoms with Crippen molar-refractivity contribution in [1.29, 1.82) is 0 Å². The third-order valence-electron chi connectivity index (χ3n) is 3.87. The van der Waals surface area contributed by atoms with E-state index in [1.165, 1.54) is 0 Å². The summed E-state index contributed by atoms with van der Waals surface area (Å²) in [6.07, 6.45) is 4.06. The van der Waals surface area contributed by atoms with Gasteiger partial charge in [0.15, 0.2) is 4.96 Å². The second-order valence-corrected chi connectivity index (χ2v) is 6.72. The fraction of sp³-hybridized carbons (Fsp3) is 0.100. The lowest BCUT2D eigenvalue weighted by Crippen LogP contribution is -2.14. The molecular weight excluding hydrogens is 346 g/mol. The van der Waals surface area contributed by atoms with Gasteiger partial charge in [0, 0.05) is 23.5 Å². The Morgan fingerprint density at radius 3 is 2.69 bits per heavy atom. The van der Waals surface area contributed by atoms with Crippen molar-refractivity contribution in [2.24, 2.45) is 0 Å². The zero-order chi connectivity index (χ0) is 17.8. The number of ether oxygens (including phenoxy) is 1. The van der Waals surface area contributed by atoms with Crippen LogP contribution in [0, 0.1) is 0 Å². The molecule has 0 unspecified atom stereocenters. The van der Waals surface area contributed by atoms with Gasteiger partial charge in [-0.1, -0.05) is 30.3 Å². The molecule has 2 aromatic heterocycles. The summed E-state index contributed by atoms with van der Waals surface area (Å²) in [5, 5.41) is 4.85. The fourth-order valence-corrected chi connectivity index (χ4v) is 3.33. The minimum absolute atomic E-state index is 0.0892. The van der Waals surface area contributed by atoms with Gasteiger partial charge in [-0.15, -0.1) is 11.3 Å². The number of fused-ring (bicyclic) bond motifs is 1. The molecule has 4 aromatic rings. The molecule has 26 heavy (non-hydrogen) atoms. The first kappa shape index (κ1) is 16.4. The Morgan fingerprint density at radius 1 is 1.12 bits per heavy atom. The molecule has 1 N–H and O–H groups in total. The highest BCUT2D eigenvalue weighted by atomic mass is 32.1. The van der Waals surface area contributed by atoms with Crippen LogP contribution in [0.15, 0.2) is 72.4 Å². The van der Waals surface area contributed by atoms with Crippen molar-refractivity contribution >= 4 is 27.9 Å². The zero-order valence-corrected chi connectivity index (χ0v) is 14.8. The quantitative estimate of drug-likeness (QED) is 0.560. The van der Waals surface area contributed by atoms with Crippen LogP contribution in [-0.2, 0) is 17.8 Å². The lowest BCUT2D eigenvalue weighted by molar-refractivity contribution is -0.115. The predicted molar refractivity (Wildman–Crippen MR) is 103 cm³/mol. The molecule has 2 heterocycles.